The predicted octanol–water partition coefficient (Wildman–Crippen LogP) is 2.70. The van der Waals surface area contributed by atoms with E-state index in [4.69, 9.17) is 5.11 Å². The molecule has 2 rings (SSSR count). The van der Waals surface area contributed by atoms with Crippen molar-refractivity contribution in [3.63, 3.8) is 0 Å². The van der Waals surface area contributed by atoms with Gasteiger partial charge in [0.15, 0.2) is 0 Å². The van der Waals surface area contributed by atoms with Crippen LogP contribution in [0.4, 0.5) is 5.69 Å². The number of nitrogens with zero attached hydrogens (tertiary/aromatic N) is 1. The molecule has 1 aliphatic heterocycles. The zero-order chi connectivity index (χ0) is 14.4. The molecule has 1 fully saturated rings. The average Bonchev–Trinajstić information content (AvgIpc) is 2.48. The second-order valence-electron chi connectivity index (χ2n) is 5.38. The maximum atomic E-state index is 10.5. The molecule has 118 valence electrons. The Balaban J connectivity index is 0.00000220. The molecule has 0 spiro atoms. The quantitative estimate of drug-likeness (QED) is 0.848. The summed E-state index contributed by atoms with van der Waals surface area (Å²) < 4.78 is 0. The van der Waals surface area contributed by atoms with E-state index < -0.39 is 5.97 Å². The first-order valence-electron chi connectivity index (χ1n) is 7.48. The first kappa shape index (κ1) is 17.8. The van der Waals surface area contributed by atoms with Gasteiger partial charge in [-0.05, 0) is 37.0 Å². The average molecular weight is 313 g/mol. The van der Waals surface area contributed by atoms with Crippen molar-refractivity contribution in [2.24, 2.45) is 0 Å². The van der Waals surface area contributed by atoms with E-state index in [1.165, 1.54) is 11.3 Å². The van der Waals surface area contributed by atoms with Crippen LogP contribution in [0.2, 0.25) is 0 Å². The number of nitrogens with one attached hydrogen (secondary N) is 1. The summed E-state index contributed by atoms with van der Waals surface area (Å²) >= 11 is 0. The minimum absolute atomic E-state index is 0. The van der Waals surface area contributed by atoms with E-state index in [-0.39, 0.29) is 18.8 Å². The Hall–Kier alpha value is -1.26. The van der Waals surface area contributed by atoms with Gasteiger partial charge in [0.25, 0.3) is 0 Å². The summed E-state index contributed by atoms with van der Waals surface area (Å²) in [5.41, 5.74) is 2.67. The second-order valence-corrected chi connectivity index (χ2v) is 5.38. The second kappa shape index (κ2) is 8.90. The van der Waals surface area contributed by atoms with Crippen molar-refractivity contribution < 1.29 is 9.90 Å². The van der Waals surface area contributed by atoms with Crippen molar-refractivity contribution in [3.05, 3.63) is 29.8 Å². The first-order valence-corrected chi connectivity index (χ1v) is 7.48. The molecule has 0 radical (unpaired) electrons. The molecule has 0 saturated carbocycles. The Morgan fingerprint density at radius 2 is 1.90 bits per heavy atom. The number of hydrogen-bond donors (Lipinski definition) is 2. The fourth-order valence-corrected chi connectivity index (χ4v) is 2.67. The van der Waals surface area contributed by atoms with Crippen molar-refractivity contribution >= 4 is 24.1 Å². The van der Waals surface area contributed by atoms with Crippen molar-refractivity contribution in [1.29, 1.82) is 0 Å². The number of carboxylic acids is 1. The van der Waals surface area contributed by atoms with Gasteiger partial charge in [-0.25, -0.2) is 0 Å². The van der Waals surface area contributed by atoms with Gasteiger partial charge in [-0.2, -0.15) is 0 Å². The lowest BCUT2D eigenvalue weighted by Gasteiger charge is -2.34. The summed E-state index contributed by atoms with van der Waals surface area (Å²) in [6.45, 7) is 4.82. The molecule has 1 aromatic rings. The van der Waals surface area contributed by atoms with Crippen LogP contribution in [-0.2, 0) is 11.2 Å². The van der Waals surface area contributed by atoms with Crippen LogP contribution in [-0.4, -0.2) is 36.8 Å². The molecule has 1 saturated heterocycles. The van der Waals surface area contributed by atoms with Crippen LogP contribution < -0.4 is 10.2 Å². The Labute approximate surface area is 132 Å². The standard InChI is InChI=1S/C16H24N2O2.ClH/c1-2-13-3-5-15(6-4-13)18-11-8-14(9-12-18)17-10-7-16(19)20;/h3-6,14,17H,2,7-12H2,1H3,(H,19,20);1H. The molecule has 0 unspecified atom stereocenters. The van der Waals surface area contributed by atoms with Gasteiger partial charge in [0.2, 0.25) is 0 Å². The maximum absolute atomic E-state index is 10.5. The molecule has 1 aliphatic rings. The highest BCUT2D eigenvalue weighted by Crippen LogP contribution is 2.20. The number of anilines is 1. The molecule has 21 heavy (non-hydrogen) atoms. The Bertz CT molecular complexity index is 428. The van der Waals surface area contributed by atoms with E-state index in [0.717, 1.165) is 32.4 Å². The van der Waals surface area contributed by atoms with Crippen molar-refractivity contribution in [1.82, 2.24) is 5.32 Å². The Morgan fingerprint density at radius 3 is 2.43 bits per heavy atom. The predicted molar refractivity (Wildman–Crippen MR) is 88.6 cm³/mol. The van der Waals surface area contributed by atoms with Crippen LogP contribution in [0.1, 0.15) is 31.7 Å². The number of aryl methyl sites for hydroxylation is 1. The van der Waals surface area contributed by atoms with Gasteiger partial charge in [-0.15, -0.1) is 12.4 Å². The zero-order valence-electron chi connectivity index (χ0n) is 12.5. The Kier molecular flexibility index (Phi) is 7.54. The summed E-state index contributed by atoms with van der Waals surface area (Å²) in [5, 5.41) is 12.0. The molecule has 5 heteroatoms. The van der Waals surface area contributed by atoms with Crippen LogP contribution >= 0.6 is 12.4 Å². The normalized spacial score (nSPS) is 15.6. The number of carboxylic acid groups (broad SMARTS) is 1. The smallest absolute Gasteiger partial charge is 0.304 e. The third-order valence-corrected chi connectivity index (χ3v) is 3.98. The molecule has 0 atom stereocenters. The van der Waals surface area contributed by atoms with E-state index in [1.54, 1.807) is 0 Å². The van der Waals surface area contributed by atoms with Gasteiger partial charge in [0, 0.05) is 31.4 Å². The number of benzene rings is 1. The maximum Gasteiger partial charge on any atom is 0.304 e. The van der Waals surface area contributed by atoms with Crippen molar-refractivity contribution in [3.8, 4) is 0 Å². The fraction of sp³-hybridized carbons (Fsp3) is 0.562. The summed E-state index contributed by atoms with van der Waals surface area (Å²) in [4.78, 5) is 12.9. The lowest BCUT2D eigenvalue weighted by molar-refractivity contribution is -0.136. The van der Waals surface area contributed by atoms with E-state index in [0.29, 0.717) is 12.6 Å². The van der Waals surface area contributed by atoms with Crippen LogP contribution in [0.5, 0.6) is 0 Å². The number of carbonyl (C=O) groups is 1. The van der Waals surface area contributed by atoms with Gasteiger partial charge in [0.05, 0.1) is 6.42 Å². The third-order valence-electron chi connectivity index (χ3n) is 3.98. The minimum Gasteiger partial charge on any atom is -0.481 e. The van der Waals surface area contributed by atoms with Gasteiger partial charge in [-0.3, -0.25) is 4.79 Å². The molecule has 0 aliphatic carbocycles. The van der Waals surface area contributed by atoms with Gasteiger partial charge >= 0.3 is 5.97 Å². The molecule has 0 aromatic heterocycles. The molecule has 0 amide bonds. The van der Waals surface area contributed by atoms with Gasteiger partial charge in [-0.1, -0.05) is 19.1 Å². The fourth-order valence-electron chi connectivity index (χ4n) is 2.67. The van der Waals surface area contributed by atoms with E-state index in [1.807, 2.05) is 0 Å². The summed E-state index contributed by atoms with van der Waals surface area (Å²) in [6, 6.07) is 9.27. The van der Waals surface area contributed by atoms with Crippen LogP contribution in [0.15, 0.2) is 24.3 Å². The highest BCUT2D eigenvalue weighted by atomic mass is 35.5. The zero-order valence-corrected chi connectivity index (χ0v) is 13.4. The summed E-state index contributed by atoms with van der Waals surface area (Å²) in [6.07, 6.45) is 3.44. The molecule has 2 N–H and O–H groups in total. The molecule has 1 heterocycles. The minimum atomic E-state index is -0.731. The van der Waals surface area contributed by atoms with Crippen molar-refractivity contribution in [2.45, 2.75) is 38.6 Å². The van der Waals surface area contributed by atoms with E-state index in [9.17, 15) is 4.79 Å². The number of aliphatic carboxylic acids is 1. The lowest BCUT2D eigenvalue weighted by atomic mass is 10.0. The first-order chi connectivity index (χ1) is 9.69. The van der Waals surface area contributed by atoms with Crippen LogP contribution in [0.3, 0.4) is 0 Å². The van der Waals surface area contributed by atoms with Crippen molar-refractivity contribution in [2.75, 3.05) is 24.5 Å². The number of rotatable bonds is 6. The largest absolute Gasteiger partial charge is 0.481 e. The summed E-state index contributed by atoms with van der Waals surface area (Å²) in [7, 11) is 0. The highest BCUT2D eigenvalue weighted by molar-refractivity contribution is 5.85. The molecule has 1 aromatic carbocycles. The number of halogens is 1. The third kappa shape index (κ3) is 5.56. The molecule has 0 bridgehead atoms. The topological polar surface area (TPSA) is 52.6 Å². The SMILES string of the molecule is CCc1ccc(N2CCC(NCCC(=O)O)CC2)cc1.Cl. The molecular weight excluding hydrogens is 288 g/mol. The summed E-state index contributed by atoms with van der Waals surface area (Å²) in [5.74, 6) is -0.731. The van der Waals surface area contributed by atoms with Crippen LogP contribution in [0, 0.1) is 0 Å². The molecule has 4 nitrogen and oxygen atoms in total. The van der Waals surface area contributed by atoms with Gasteiger partial charge in [0.1, 0.15) is 0 Å². The monoisotopic (exact) mass is 312 g/mol. The Morgan fingerprint density at radius 1 is 1.29 bits per heavy atom. The van der Waals surface area contributed by atoms with E-state index in [2.05, 4.69) is 41.4 Å². The lowest BCUT2D eigenvalue weighted by Crippen LogP contribution is -2.43. The number of hydrogen-bond acceptors (Lipinski definition) is 3. The van der Waals surface area contributed by atoms with Gasteiger partial charge < -0.3 is 15.3 Å². The molecular formula is C16H25ClN2O2. The number of piperidine rings is 1. The van der Waals surface area contributed by atoms with E-state index >= 15 is 0 Å². The van der Waals surface area contributed by atoms with Crippen LogP contribution in [0.25, 0.3) is 0 Å². The highest BCUT2D eigenvalue weighted by Gasteiger charge is 2.18.